The summed E-state index contributed by atoms with van der Waals surface area (Å²) in [5.41, 5.74) is 4.67. The molecule has 0 saturated heterocycles. The summed E-state index contributed by atoms with van der Waals surface area (Å²) in [5, 5.41) is 2.02. The molecule has 0 radical (unpaired) electrons. The number of carbonyl (C=O) groups excluding carboxylic acids is 1. The number of halogens is 2. The molecule has 160 valence electrons. The van der Waals surface area contributed by atoms with Gasteiger partial charge in [-0.05, 0) is 53.9 Å². The molecule has 1 atom stereocenters. The van der Waals surface area contributed by atoms with E-state index in [1.807, 2.05) is 35.2 Å². The van der Waals surface area contributed by atoms with E-state index in [0.717, 1.165) is 23.2 Å². The van der Waals surface area contributed by atoms with E-state index in [0.29, 0.717) is 33.7 Å². The molecular formula is C25H18Cl2N2O3. The van der Waals surface area contributed by atoms with E-state index < -0.39 is 0 Å². The molecule has 0 bridgehead atoms. The highest BCUT2D eigenvalue weighted by atomic mass is 35.5. The van der Waals surface area contributed by atoms with Crippen LogP contribution in [0.2, 0.25) is 10.0 Å². The normalized spacial score (nSPS) is 16.9. The van der Waals surface area contributed by atoms with Crippen molar-refractivity contribution >= 4 is 40.0 Å². The lowest BCUT2D eigenvalue weighted by molar-refractivity contribution is 0.0692. The van der Waals surface area contributed by atoms with Gasteiger partial charge in [0, 0.05) is 28.2 Å². The number of aromatic amines is 1. The Labute approximate surface area is 194 Å². The molecule has 1 aromatic heterocycles. The van der Waals surface area contributed by atoms with Gasteiger partial charge in [0.15, 0.2) is 11.5 Å². The van der Waals surface area contributed by atoms with Crippen LogP contribution in [0.15, 0.2) is 60.7 Å². The van der Waals surface area contributed by atoms with Gasteiger partial charge in [-0.15, -0.1) is 0 Å². The highest BCUT2D eigenvalue weighted by molar-refractivity contribution is 6.36. The van der Waals surface area contributed by atoms with E-state index in [4.69, 9.17) is 32.7 Å². The van der Waals surface area contributed by atoms with Crippen molar-refractivity contribution in [3.8, 4) is 11.5 Å². The summed E-state index contributed by atoms with van der Waals surface area (Å²) in [4.78, 5) is 19.1. The van der Waals surface area contributed by atoms with Crippen LogP contribution in [-0.2, 0) is 6.42 Å². The van der Waals surface area contributed by atoms with Crippen LogP contribution >= 0.6 is 23.2 Å². The Morgan fingerprint density at radius 1 is 1.00 bits per heavy atom. The Balaban J connectivity index is 1.51. The molecule has 32 heavy (non-hydrogen) atoms. The SMILES string of the molecule is O=C(c1ccc(Cl)cc1Cl)N1CCc2c([nH]c3ccccc23)[C@H]1c1ccc2c(c1)OCO2. The number of benzene rings is 3. The molecule has 0 spiro atoms. The van der Waals surface area contributed by atoms with E-state index in [2.05, 4.69) is 17.1 Å². The lowest BCUT2D eigenvalue weighted by Gasteiger charge is -2.36. The van der Waals surface area contributed by atoms with Gasteiger partial charge in [0.1, 0.15) is 0 Å². The summed E-state index contributed by atoms with van der Waals surface area (Å²) in [6.07, 6.45) is 0.747. The van der Waals surface area contributed by atoms with Crippen molar-refractivity contribution in [3.05, 3.63) is 93.1 Å². The summed E-state index contributed by atoms with van der Waals surface area (Å²) in [6, 6.07) is 18.7. The van der Waals surface area contributed by atoms with Gasteiger partial charge in [0.05, 0.1) is 16.6 Å². The molecule has 1 amide bonds. The number of ether oxygens (including phenoxy) is 2. The molecule has 0 unspecified atom stereocenters. The predicted molar refractivity (Wildman–Crippen MR) is 124 cm³/mol. The Bertz CT molecular complexity index is 1380. The number of H-pyrrole nitrogens is 1. The third kappa shape index (κ3) is 3.04. The number of hydrogen-bond donors (Lipinski definition) is 1. The molecule has 0 aliphatic carbocycles. The van der Waals surface area contributed by atoms with Gasteiger partial charge in [-0.3, -0.25) is 4.79 Å². The fourth-order valence-electron chi connectivity index (χ4n) is 4.71. The van der Waals surface area contributed by atoms with Gasteiger partial charge in [0.2, 0.25) is 6.79 Å². The van der Waals surface area contributed by atoms with Gasteiger partial charge < -0.3 is 19.4 Å². The van der Waals surface area contributed by atoms with Gasteiger partial charge in [-0.25, -0.2) is 0 Å². The highest BCUT2D eigenvalue weighted by Crippen LogP contribution is 2.42. The number of fused-ring (bicyclic) bond motifs is 4. The molecule has 0 saturated carbocycles. The first kappa shape index (κ1) is 19.5. The number of hydrogen-bond acceptors (Lipinski definition) is 3. The Morgan fingerprint density at radius 3 is 2.72 bits per heavy atom. The molecule has 2 aliphatic rings. The van der Waals surface area contributed by atoms with Crippen molar-refractivity contribution in [3.63, 3.8) is 0 Å². The number of para-hydroxylation sites is 1. The third-order valence-corrected chi connectivity index (χ3v) is 6.72. The van der Waals surface area contributed by atoms with Gasteiger partial charge >= 0.3 is 0 Å². The number of rotatable bonds is 2. The van der Waals surface area contributed by atoms with E-state index >= 15 is 0 Å². The highest BCUT2D eigenvalue weighted by Gasteiger charge is 2.36. The number of amides is 1. The minimum Gasteiger partial charge on any atom is -0.454 e. The zero-order valence-electron chi connectivity index (χ0n) is 16.9. The summed E-state index contributed by atoms with van der Waals surface area (Å²) in [5.74, 6) is 1.25. The number of nitrogens with one attached hydrogen (secondary N) is 1. The molecule has 5 nitrogen and oxygen atoms in total. The molecule has 6 rings (SSSR count). The van der Waals surface area contributed by atoms with Crippen LogP contribution in [0.4, 0.5) is 0 Å². The lowest BCUT2D eigenvalue weighted by Crippen LogP contribution is -2.40. The van der Waals surface area contributed by atoms with E-state index in [1.54, 1.807) is 18.2 Å². The average molecular weight is 465 g/mol. The molecule has 7 heteroatoms. The van der Waals surface area contributed by atoms with Gasteiger partial charge in [-0.2, -0.15) is 0 Å². The molecule has 2 aliphatic heterocycles. The van der Waals surface area contributed by atoms with Crippen LogP contribution < -0.4 is 9.47 Å². The third-order valence-electron chi connectivity index (χ3n) is 6.17. The Morgan fingerprint density at radius 2 is 1.84 bits per heavy atom. The minimum atomic E-state index is -0.320. The van der Waals surface area contributed by atoms with Gasteiger partial charge in [-0.1, -0.05) is 47.5 Å². The molecule has 4 aromatic rings. The summed E-state index contributed by atoms with van der Waals surface area (Å²) < 4.78 is 11.1. The van der Waals surface area contributed by atoms with E-state index in [1.165, 1.54) is 10.9 Å². The van der Waals surface area contributed by atoms with Crippen LogP contribution in [0.3, 0.4) is 0 Å². The summed E-state index contributed by atoms with van der Waals surface area (Å²) in [7, 11) is 0. The Hall–Kier alpha value is -3.15. The zero-order valence-corrected chi connectivity index (χ0v) is 18.4. The topological polar surface area (TPSA) is 54.6 Å². The standard InChI is InChI=1S/C25H18Cl2N2O3/c26-15-6-7-18(19(27)12-15)25(30)29-10-9-17-16-3-1-2-4-20(16)28-23(17)24(29)14-5-8-21-22(11-14)32-13-31-21/h1-8,11-12,24,28H,9-10,13H2/t24-/m1/s1. The second kappa shape index (κ2) is 7.47. The second-order valence-corrected chi connectivity index (χ2v) is 8.79. The van der Waals surface area contributed by atoms with Crippen LogP contribution in [0.25, 0.3) is 10.9 Å². The minimum absolute atomic E-state index is 0.140. The van der Waals surface area contributed by atoms with Gasteiger partial charge in [0.25, 0.3) is 5.91 Å². The largest absolute Gasteiger partial charge is 0.454 e. The molecule has 0 fully saturated rings. The van der Waals surface area contributed by atoms with Crippen LogP contribution in [-0.4, -0.2) is 29.1 Å². The maximum atomic E-state index is 13.7. The van der Waals surface area contributed by atoms with Crippen LogP contribution in [0, 0.1) is 0 Å². The molecule has 3 heterocycles. The van der Waals surface area contributed by atoms with Crippen molar-refractivity contribution < 1.29 is 14.3 Å². The smallest absolute Gasteiger partial charge is 0.256 e. The average Bonchev–Trinajstić information content (AvgIpc) is 3.41. The molecular weight excluding hydrogens is 447 g/mol. The first-order chi connectivity index (χ1) is 15.6. The maximum Gasteiger partial charge on any atom is 0.256 e. The van der Waals surface area contributed by atoms with E-state index in [-0.39, 0.29) is 18.7 Å². The number of nitrogens with zero attached hydrogens (tertiary/aromatic N) is 1. The predicted octanol–water partition coefficient (Wildman–Crippen LogP) is 5.99. The monoisotopic (exact) mass is 464 g/mol. The van der Waals surface area contributed by atoms with Crippen LogP contribution in [0.1, 0.15) is 33.2 Å². The van der Waals surface area contributed by atoms with Crippen molar-refractivity contribution in [2.75, 3.05) is 13.3 Å². The first-order valence-corrected chi connectivity index (χ1v) is 11.1. The lowest BCUT2D eigenvalue weighted by atomic mass is 9.91. The fraction of sp³-hybridized carbons (Fsp3) is 0.160. The van der Waals surface area contributed by atoms with Crippen molar-refractivity contribution in [1.29, 1.82) is 0 Å². The quantitative estimate of drug-likeness (QED) is 0.396. The number of carbonyl (C=O) groups is 1. The Kier molecular flexibility index (Phi) is 4.56. The maximum absolute atomic E-state index is 13.7. The van der Waals surface area contributed by atoms with Crippen molar-refractivity contribution in [2.24, 2.45) is 0 Å². The van der Waals surface area contributed by atoms with Crippen molar-refractivity contribution in [2.45, 2.75) is 12.5 Å². The molecule has 1 N–H and O–H groups in total. The molecule has 3 aromatic carbocycles. The zero-order chi connectivity index (χ0) is 21.8. The van der Waals surface area contributed by atoms with Crippen molar-refractivity contribution in [1.82, 2.24) is 9.88 Å². The second-order valence-electron chi connectivity index (χ2n) is 7.95. The number of aromatic nitrogens is 1. The first-order valence-electron chi connectivity index (χ1n) is 10.4. The fourth-order valence-corrected chi connectivity index (χ4v) is 5.20. The van der Waals surface area contributed by atoms with E-state index in [9.17, 15) is 4.79 Å². The summed E-state index contributed by atoms with van der Waals surface area (Å²) >= 11 is 12.5. The summed E-state index contributed by atoms with van der Waals surface area (Å²) in [6.45, 7) is 0.760. The van der Waals surface area contributed by atoms with Crippen LogP contribution in [0.5, 0.6) is 11.5 Å².